The maximum Gasteiger partial charge on any atom is 0.416 e. The van der Waals surface area contributed by atoms with Gasteiger partial charge in [-0.05, 0) is 50.1 Å². The van der Waals surface area contributed by atoms with Crippen molar-refractivity contribution in [2.24, 2.45) is 0 Å². The molecule has 1 saturated heterocycles. The number of hydrogen-bond donors (Lipinski definition) is 1. The first kappa shape index (κ1) is 20.7. The molecule has 2 aromatic rings. The highest BCUT2D eigenvalue weighted by Crippen LogP contribution is 2.36. The van der Waals surface area contributed by atoms with Crippen molar-refractivity contribution in [2.45, 2.75) is 25.9 Å². The molecule has 0 aliphatic carbocycles. The number of carbonyl (C=O) groups excluding carboxylic acids is 2. The molecule has 5 nitrogen and oxygen atoms in total. The van der Waals surface area contributed by atoms with E-state index in [1.807, 2.05) is 4.90 Å². The van der Waals surface area contributed by atoms with Crippen molar-refractivity contribution in [2.75, 3.05) is 29.9 Å². The Kier molecular flexibility index (Phi) is 6.10. The number of ether oxygens (including phenoxy) is 1. The fourth-order valence-electron chi connectivity index (χ4n) is 3.19. The molecule has 0 aromatic heterocycles. The molecule has 3 rings (SSSR count). The maximum absolute atomic E-state index is 13.1. The van der Waals surface area contributed by atoms with Gasteiger partial charge in [0.15, 0.2) is 12.4 Å². The van der Waals surface area contributed by atoms with Crippen molar-refractivity contribution < 1.29 is 27.5 Å². The Morgan fingerprint density at radius 3 is 2.48 bits per heavy atom. The van der Waals surface area contributed by atoms with Gasteiger partial charge in [0.25, 0.3) is 5.91 Å². The molecule has 0 radical (unpaired) electrons. The first-order valence-electron chi connectivity index (χ1n) is 9.24. The van der Waals surface area contributed by atoms with Crippen molar-refractivity contribution in [3.63, 3.8) is 0 Å². The highest BCUT2D eigenvalue weighted by Gasteiger charge is 2.32. The van der Waals surface area contributed by atoms with Crippen molar-refractivity contribution in [3.05, 3.63) is 53.6 Å². The molecule has 1 amide bonds. The zero-order valence-corrected chi connectivity index (χ0v) is 15.9. The Hall–Kier alpha value is -3.03. The van der Waals surface area contributed by atoms with Crippen LogP contribution in [-0.2, 0) is 11.0 Å². The molecular formula is C21H21F3N2O3. The maximum atomic E-state index is 13.1. The van der Waals surface area contributed by atoms with E-state index in [-0.39, 0.29) is 11.5 Å². The topological polar surface area (TPSA) is 58.6 Å². The van der Waals surface area contributed by atoms with E-state index < -0.39 is 24.3 Å². The molecule has 0 spiro atoms. The van der Waals surface area contributed by atoms with Crippen molar-refractivity contribution in [1.29, 1.82) is 0 Å². The van der Waals surface area contributed by atoms with Crippen LogP contribution < -0.4 is 15.0 Å². The summed E-state index contributed by atoms with van der Waals surface area (Å²) in [6.07, 6.45) is -2.61. The summed E-state index contributed by atoms with van der Waals surface area (Å²) in [4.78, 5) is 25.7. The smallest absolute Gasteiger partial charge is 0.416 e. The van der Waals surface area contributed by atoms with Gasteiger partial charge < -0.3 is 15.0 Å². The largest absolute Gasteiger partial charge is 0.484 e. The number of hydrogen-bond acceptors (Lipinski definition) is 4. The number of anilines is 2. The Balaban J connectivity index is 1.74. The Labute approximate surface area is 166 Å². The molecule has 2 aromatic carbocycles. The molecule has 1 N–H and O–H groups in total. The summed E-state index contributed by atoms with van der Waals surface area (Å²) in [7, 11) is 0. The molecular weight excluding hydrogens is 385 g/mol. The zero-order chi connectivity index (χ0) is 21.0. The zero-order valence-electron chi connectivity index (χ0n) is 15.9. The van der Waals surface area contributed by atoms with Gasteiger partial charge >= 0.3 is 6.18 Å². The number of nitrogens with zero attached hydrogens (tertiary/aromatic N) is 1. The summed E-state index contributed by atoms with van der Waals surface area (Å²) < 4.78 is 44.7. The highest BCUT2D eigenvalue weighted by molar-refractivity contribution is 5.96. The van der Waals surface area contributed by atoms with Crippen LogP contribution in [0.3, 0.4) is 0 Å². The van der Waals surface area contributed by atoms with Gasteiger partial charge in [-0.25, -0.2) is 0 Å². The first-order valence-corrected chi connectivity index (χ1v) is 9.24. The standard InChI is InChI=1S/C21H21F3N2O3/c1-14(27)15-5-4-6-17(11-15)29-13-20(28)25-18-12-16(21(22,23)24)7-8-19(18)26-9-2-3-10-26/h4-8,11-12H,2-3,9-10,13H2,1H3,(H,25,28). The molecule has 1 fully saturated rings. The van der Waals surface area contributed by atoms with Gasteiger partial charge in [0.1, 0.15) is 5.75 Å². The second-order valence-corrected chi connectivity index (χ2v) is 6.84. The second-order valence-electron chi connectivity index (χ2n) is 6.84. The van der Waals surface area contributed by atoms with Gasteiger partial charge in [-0.15, -0.1) is 0 Å². The van der Waals surface area contributed by atoms with Crippen molar-refractivity contribution in [3.8, 4) is 5.75 Å². The predicted octanol–water partition coefficient (Wildman–Crippen LogP) is 4.53. The van der Waals surface area contributed by atoms with E-state index in [9.17, 15) is 22.8 Å². The molecule has 0 saturated carbocycles. The SMILES string of the molecule is CC(=O)c1cccc(OCC(=O)Nc2cc(C(F)(F)F)ccc2N2CCCC2)c1. The van der Waals surface area contributed by atoms with Crippen LogP contribution in [0.15, 0.2) is 42.5 Å². The van der Waals surface area contributed by atoms with Crippen molar-refractivity contribution >= 4 is 23.1 Å². The van der Waals surface area contributed by atoms with Gasteiger partial charge in [0.2, 0.25) is 0 Å². The van der Waals surface area contributed by atoms with E-state index >= 15 is 0 Å². The number of rotatable bonds is 6. The Morgan fingerprint density at radius 2 is 1.83 bits per heavy atom. The lowest BCUT2D eigenvalue weighted by Crippen LogP contribution is -2.24. The number of amides is 1. The van der Waals surface area contributed by atoms with Crippen LogP contribution >= 0.6 is 0 Å². The fourth-order valence-corrected chi connectivity index (χ4v) is 3.19. The lowest BCUT2D eigenvalue weighted by molar-refractivity contribution is -0.137. The quantitative estimate of drug-likeness (QED) is 0.717. The minimum atomic E-state index is -4.51. The molecule has 0 atom stereocenters. The second kappa shape index (κ2) is 8.55. The lowest BCUT2D eigenvalue weighted by atomic mass is 10.1. The summed E-state index contributed by atoms with van der Waals surface area (Å²) in [5, 5.41) is 2.54. The molecule has 29 heavy (non-hydrogen) atoms. The van der Waals surface area contributed by atoms with E-state index in [4.69, 9.17) is 4.74 Å². The number of halogens is 3. The molecule has 1 heterocycles. The van der Waals surface area contributed by atoms with Crippen LogP contribution in [0.1, 0.15) is 35.7 Å². The average Bonchev–Trinajstić information content (AvgIpc) is 3.20. The number of benzene rings is 2. The third kappa shape index (κ3) is 5.28. The number of nitrogens with one attached hydrogen (secondary N) is 1. The summed E-state index contributed by atoms with van der Waals surface area (Å²) in [6.45, 7) is 2.47. The van der Waals surface area contributed by atoms with E-state index in [0.717, 1.165) is 38.1 Å². The van der Waals surface area contributed by atoms with E-state index in [0.29, 0.717) is 17.0 Å². The minimum absolute atomic E-state index is 0.104. The average molecular weight is 406 g/mol. The van der Waals surface area contributed by atoms with Crippen LogP contribution in [0.2, 0.25) is 0 Å². The number of Topliss-reactive ketones (excluding diaryl/α,β-unsaturated/α-hetero) is 1. The highest BCUT2D eigenvalue weighted by atomic mass is 19.4. The molecule has 0 unspecified atom stereocenters. The molecule has 1 aliphatic rings. The van der Waals surface area contributed by atoms with Gasteiger partial charge in [-0.2, -0.15) is 13.2 Å². The number of ketones is 1. The Morgan fingerprint density at radius 1 is 1.10 bits per heavy atom. The summed E-state index contributed by atoms with van der Waals surface area (Å²) in [6, 6.07) is 9.72. The minimum Gasteiger partial charge on any atom is -0.484 e. The molecule has 8 heteroatoms. The first-order chi connectivity index (χ1) is 13.7. The van der Waals surface area contributed by atoms with Crippen LogP contribution in [0.4, 0.5) is 24.5 Å². The number of carbonyl (C=O) groups is 2. The number of alkyl halides is 3. The van der Waals surface area contributed by atoms with Gasteiger partial charge in [0.05, 0.1) is 16.9 Å². The Bertz CT molecular complexity index is 906. The normalized spacial score (nSPS) is 14.0. The van der Waals surface area contributed by atoms with Gasteiger partial charge in [-0.1, -0.05) is 12.1 Å². The van der Waals surface area contributed by atoms with Crippen LogP contribution in [0.5, 0.6) is 5.75 Å². The van der Waals surface area contributed by atoms with E-state index in [1.165, 1.54) is 19.1 Å². The van der Waals surface area contributed by atoms with E-state index in [1.54, 1.807) is 18.2 Å². The lowest BCUT2D eigenvalue weighted by Gasteiger charge is -2.23. The third-order valence-corrected chi connectivity index (χ3v) is 4.66. The summed E-state index contributed by atoms with van der Waals surface area (Å²) in [5.74, 6) is -0.395. The third-order valence-electron chi connectivity index (χ3n) is 4.66. The summed E-state index contributed by atoms with van der Waals surface area (Å²) >= 11 is 0. The van der Waals surface area contributed by atoms with Gasteiger partial charge in [0, 0.05) is 18.7 Å². The molecule has 154 valence electrons. The summed E-state index contributed by atoms with van der Waals surface area (Å²) in [5.41, 5.74) is 0.276. The van der Waals surface area contributed by atoms with Crippen molar-refractivity contribution in [1.82, 2.24) is 0 Å². The predicted molar refractivity (Wildman–Crippen MR) is 103 cm³/mol. The monoisotopic (exact) mass is 406 g/mol. The van der Waals surface area contributed by atoms with Crippen LogP contribution in [0, 0.1) is 0 Å². The van der Waals surface area contributed by atoms with Gasteiger partial charge in [-0.3, -0.25) is 9.59 Å². The van der Waals surface area contributed by atoms with E-state index in [2.05, 4.69) is 5.32 Å². The molecule has 1 aliphatic heterocycles. The fraction of sp³-hybridized carbons (Fsp3) is 0.333. The van der Waals surface area contributed by atoms with Crippen LogP contribution in [0.25, 0.3) is 0 Å². The van der Waals surface area contributed by atoms with Crippen LogP contribution in [-0.4, -0.2) is 31.4 Å². The molecule has 0 bridgehead atoms.